The Morgan fingerprint density at radius 2 is 1.86 bits per heavy atom. The summed E-state index contributed by atoms with van der Waals surface area (Å²) >= 11 is 0. The van der Waals surface area contributed by atoms with Gasteiger partial charge in [-0.25, -0.2) is 4.68 Å². The molecule has 1 N–H and O–H groups in total. The molecule has 10 nitrogen and oxygen atoms in total. The normalized spacial score (nSPS) is 11.7. The Morgan fingerprint density at radius 3 is 2.57 bits per heavy atom. The zero-order valence-electron chi connectivity index (χ0n) is 22.5. The zero-order chi connectivity index (χ0) is 26.7. The first-order valence-corrected chi connectivity index (χ1v) is 12.1. The van der Waals surface area contributed by atoms with Gasteiger partial charge in [-0.1, -0.05) is 37.2 Å². The number of benzene rings is 1. The van der Waals surface area contributed by atoms with E-state index in [1.807, 2.05) is 53.2 Å². The second-order valence-electron chi connectivity index (χ2n) is 10.5. The van der Waals surface area contributed by atoms with E-state index in [-0.39, 0.29) is 11.3 Å². The molecule has 37 heavy (non-hydrogen) atoms. The minimum atomic E-state index is -0.284. The smallest absolute Gasteiger partial charge is 0.256 e. The van der Waals surface area contributed by atoms with Crippen LogP contribution >= 0.6 is 0 Å². The second-order valence-corrected chi connectivity index (χ2v) is 10.5. The highest BCUT2D eigenvalue weighted by atomic mass is 16.5. The van der Waals surface area contributed by atoms with Crippen LogP contribution in [0.3, 0.4) is 0 Å². The lowest BCUT2D eigenvalue weighted by Crippen LogP contribution is -2.28. The van der Waals surface area contributed by atoms with Crippen LogP contribution in [0.4, 0.5) is 11.5 Å². The number of likely N-dealkylation sites (N-methyl/N-ethyl adjacent to an activating group) is 2. The van der Waals surface area contributed by atoms with Crippen molar-refractivity contribution < 1.29 is 9.32 Å². The number of rotatable bonds is 8. The lowest BCUT2D eigenvalue weighted by Gasteiger charge is -2.21. The van der Waals surface area contributed by atoms with Crippen LogP contribution in [0.25, 0.3) is 16.9 Å². The number of nitrogens with zero attached hydrogens (tertiary/aromatic N) is 7. The molecule has 0 saturated heterocycles. The topological polar surface area (TPSA) is 105 Å². The summed E-state index contributed by atoms with van der Waals surface area (Å²) in [6.07, 6.45) is 5.46. The lowest BCUT2D eigenvalue weighted by atomic mass is 9.93. The number of hydrogen-bond donors (Lipinski definition) is 1. The Hall–Kier alpha value is -4.05. The average molecular weight is 503 g/mol. The minimum Gasteiger partial charge on any atom is -0.372 e. The molecule has 0 aliphatic carbocycles. The number of anilines is 2. The van der Waals surface area contributed by atoms with Crippen LogP contribution in [-0.4, -0.2) is 70.2 Å². The van der Waals surface area contributed by atoms with Gasteiger partial charge < -0.3 is 19.6 Å². The van der Waals surface area contributed by atoms with Crippen LogP contribution in [0.5, 0.6) is 0 Å². The van der Waals surface area contributed by atoms with E-state index in [0.29, 0.717) is 22.8 Å². The summed E-state index contributed by atoms with van der Waals surface area (Å²) in [5.74, 6) is 0.793. The van der Waals surface area contributed by atoms with Gasteiger partial charge in [0.2, 0.25) is 0 Å². The summed E-state index contributed by atoms with van der Waals surface area (Å²) in [7, 11) is 6.15. The lowest BCUT2D eigenvalue weighted by molar-refractivity contribution is 0.102. The maximum atomic E-state index is 12.9. The van der Waals surface area contributed by atoms with Gasteiger partial charge in [-0.2, -0.15) is 0 Å². The van der Waals surface area contributed by atoms with Crippen molar-refractivity contribution in [1.82, 2.24) is 30.0 Å². The van der Waals surface area contributed by atoms with E-state index < -0.39 is 0 Å². The van der Waals surface area contributed by atoms with Gasteiger partial charge in [0.05, 0.1) is 23.8 Å². The molecule has 4 rings (SSSR count). The largest absolute Gasteiger partial charge is 0.372 e. The highest BCUT2D eigenvalue weighted by Crippen LogP contribution is 2.26. The Kier molecular flexibility index (Phi) is 7.40. The Bertz CT molecular complexity index is 1380. The van der Waals surface area contributed by atoms with Crippen molar-refractivity contribution in [2.75, 3.05) is 44.4 Å². The van der Waals surface area contributed by atoms with Crippen LogP contribution < -0.4 is 10.2 Å². The van der Waals surface area contributed by atoms with Crippen molar-refractivity contribution in [1.29, 1.82) is 0 Å². The zero-order valence-corrected chi connectivity index (χ0v) is 22.5. The van der Waals surface area contributed by atoms with E-state index in [9.17, 15) is 4.79 Å². The van der Waals surface area contributed by atoms with Crippen LogP contribution in [0.2, 0.25) is 0 Å². The molecule has 3 heterocycles. The van der Waals surface area contributed by atoms with Gasteiger partial charge in [0.25, 0.3) is 5.91 Å². The molecule has 1 amide bonds. The van der Waals surface area contributed by atoms with Crippen molar-refractivity contribution in [2.45, 2.75) is 33.1 Å². The van der Waals surface area contributed by atoms with Crippen molar-refractivity contribution in [3.8, 4) is 16.9 Å². The number of carbonyl (C=O) groups excluding carboxylic acids is 1. The van der Waals surface area contributed by atoms with Crippen LogP contribution in [0, 0.1) is 6.92 Å². The van der Waals surface area contributed by atoms with E-state index in [1.165, 1.54) is 0 Å². The van der Waals surface area contributed by atoms with E-state index >= 15 is 0 Å². The number of pyridine rings is 1. The Morgan fingerprint density at radius 1 is 1.08 bits per heavy atom. The molecule has 0 aliphatic heterocycles. The van der Waals surface area contributed by atoms with Gasteiger partial charge in [-0.3, -0.25) is 9.78 Å². The first-order valence-electron chi connectivity index (χ1n) is 12.1. The van der Waals surface area contributed by atoms with Gasteiger partial charge in [0, 0.05) is 48.9 Å². The van der Waals surface area contributed by atoms with E-state index in [1.54, 1.807) is 29.1 Å². The third-order valence-corrected chi connectivity index (χ3v) is 6.05. The summed E-state index contributed by atoms with van der Waals surface area (Å²) in [5.41, 5.74) is 4.56. The average Bonchev–Trinajstić information content (AvgIpc) is 3.53. The molecule has 4 aromatic rings. The second kappa shape index (κ2) is 10.5. The van der Waals surface area contributed by atoms with E-state index in [2.05, 4.69) is 55.7 Å². The fourth-order valence-electron chi connectivity index (χ4n) is 3.64. The summed E-state index contributed by atoms with van der Waals surface area (Å²) < 4.78 is 7.05. The van der Waals surface area contributed by atoms with Gasteiger partial charge in [0.15, 0.2) is 5.82 Å². The van der Waals surface area contributed by atoms with Gasteiger partial charge >= 0.3 is 0 Å². The summed E-state index contributed by atoms with van der Waals surface area (Å²) in [5, 5.41) is 15.5. The summed E-state index contributed by atoms with van der Waals surface area (Å²) in [6.45, 7) is 9.85. The number of carbonyl (C=O) groups is 1. The van der Waals surface area contributed by atoms with Crippen LogP contribution in [-0.2, 0) is 5.41 Å². The molecule has 0 spiro atoms. The Balaban J connectivity index is 1.54. The maximum Gasteiger partial charge on any atom is 0.256 e. The van der Waals surface area contributed by atoms with E-state index in [4.69, 9.17) is 4.52 Å². The molecule has 0 fully saturated rings. The maximum absolute atomic E-state index is 12.9. The quantitative estimate of drug-likeness (QED) is 0.383. The summed E-state index contributed by atoms with van der Waals surface area (Å²) in [4.78, 5) is 21.6. The third kappa shape index (κ3) is 6.21. The molecule has 0 saturated carbocycles. The van der Waals surface area contributed by atoms with E-state index in [0.717, 1.165) is 35.6 Å². The summed E-state index contributed by atoms with van der Waals surface area (Å²) in [6, 6.07) is 9.25. The van der Waals surface area contributed by atoms with Gasteiger partial charge in [-0.15, -0.1) is 5.10 Å². The molecule has 0 bridgehead atoms. The standard InChI is InChI=1S/C27H34N8O2/c1-18-8-9-19(26(36)29-25-14-24(37-31-25)27(2,3)4)13-23(18)35-17-22(30-32-35)20-12-21(16-28-15-20)34(7)11-10-33(5)6/h8-9,12-17H,10-11H2,1-7H3,(H,29,31,36). The SMILES string of the molecule is Cc1ccc(C(=O)Nc2cc(C(C)(C)C)on2)cc1-n1cc(-c2cncc(N(C)CCN(C)C)c2)nn1. The number of amides is 1. The number of aryl methyl sites for hydroxylation is 1. The van der Waals surface area contributed by atoms with Crippen molar-refractivity contribution >= 4 is 17.4 Å². The van der Waals surface area contributed by atoms with Crippen LogP contribution in [0.15, 0.2) is 53.4 Å². The highest BCUT2D eigenvalue weighted by Gasteiger charge is 2.21. The molecular weight excluding hydrogens is 468 g/mol. The molecule has 0 aliphatic rings. The molecule has 0 radical (unpaired) electrons. The fraction of sp³-hybridized carbons (Fsp3) is 0.370. The Labute approximate surface area is 217 Å². The van der Waals surface area contributed by atoms with Gasteiger partial charge in [-0.05, 0) is 44.8 Å². The van der Waals surface area contributed by atoms with Crippen molar-refractivity contribution in [2.24, 2.45) is 0 Å². The molecule has 0 atom stereocenters. The predicted molar refractivity (Wildman–Crippen MR) is 144 cm³/mol. The first-order chi connectivity index (χ1) is 17.5. The molecule has 1 aromatic carbocycles. The minimum absolute atomic E-state index is 0.200. The molecule has 194 valence electrons. The first kappa shape index (κ1) is 26.0. The van der Waals surface area contributed by atoms with Crippen molar-refractivity contribution in [3.05, 3.63) is 65.8 Å². The van der Waals surface area contributed by atoms with Gasteiger partial charge in [0.1, 0.15) is 11.5 Å². The molecule has 0 unspecified atom stereocenters. The fourth-order valence-corrected chi connectivity index (χ4v) is 3.64. The molecule has 3 aromatic heterocycles. The number of hydrogen-bond acceptors (Lipinski definition) is 8. The monoisotopic (exact) mass is 502 g/mol. The number of nitrogens with one attached hydrogen (secondary N) is 1. The number of aromatic nitrogens is 5. The highest BCUT2D eigenvalue weighted by molar-refractivity contribution is 6.04. The molecule has 10 heteroatoms. The predicted octanol–water partition coefficient (Wildman–Crippen LogP) is 4.17. The van der Waals surface area contributed by atoms with Crippen molar-refractivity contribution in [3.63, 3.8) is 0 Å². The molecular formula is C27H34N8O2. The van der Waals surface area contributed by atoms with Crippen LogP contribution in [0.1, 0.15) is 42.5 Å². The third-order valence-electron chi connectivity index (χ3n) is 6.05.